The fourth-order valence-electron chi connectivity index (χ4n) is 5.00. The maximum absolute atomic E-state index is 12.9. The minimum atomic E-state index is -4.42. The largest absolute Gasteiger partial charge is 0.457 e. The quantitative estimate of drug-likeness (QED) is 0.452. The number of benzene rings is 3. The molecular formula is C29H26F3N3O4. The zero-order chi connectivity index (χ0) is 27.9. The van der Waals surface area contributed by atoms with Crippen LogP contribution in [0.5, 0.6) is 11.5 Å². The van der Waals surface area contributed by atoms with Crippen molar-refractivity contribution in [3.8, 4) is 11.5 Å². The summed E-state index contributed by atoms with van der Waals surface area (Å²) in [6.45, 7) is 4.65. The molecule has 2 N–H and O–H groups in total. The van der Waals surface area contributed by atoms with E-state index in [1.54, 1.807) is 29.2 Å². The summed E-state index contributed by atoms with van der Waals surface area (Å²) in [5.41, 5.74) is 2.05. The molecule has 39 heavy (non-hydrogen) atoms. The number of carbonyl (C=O) groups excluding carboxylic acids is 3. The maximum Gasteiger partial charge on any atom is 0.416 e. The van der Waals surface area contributed by atoms with Crippen LogP contribution >= 0.6 is 0 Å². The van der Waals surface area contributed by atoms with Gasteiger partial charge in [-0.2, -0.15) is 13.2 Å². The monoisotopic (exact) mass is 537 g/mol. The Morgan fingerprint density at radius 2 is 1.36 bits per heavy atom. The topological polar surface area (TPSA) is 87.7 Å². The van der Waals surface area contributed by atoms with Crippen molar-refractivity contribution < 1.29 is 32.3 Å². The van der Waals surface area contributed by atoms with Gasteiger partial charge in [-0.25, -0.2) is 0 Å². The van der Waals surface area contributed by atoms with Crippen LogP contribution in [0, 0.1) is 25.7 Å². The van der Waals surface area contributed by atoms with Gasteiger partial charge in [-0.15, -0.1) is 0 Å². The molecule has 7 nitrogen and oxygen atoms in total. The van der Waals surface area contributed by atoms with Gasteiger partial charge in [-0.1, -0.05) is 18.2 Å². The highest BCUT2D eigenvalue weighted by atomic mass is 19.4. The fraction of sp³-hybridized carbons (Fsp3) is 0.276. The highest BCUT2D eigenvalue weighted by Crippen LogP contribution is 2.46. The summed E-state index contributed by atoms with van der Waals surface area (Å²) >= 11 is 0. The smallest absolute Gasteiger partial charge is 0.416 e. The van der Waals surface area contributed by atoms with E-state index in [4.69, 9.17) is 4.74 Å². The van der Waals surface area contributed by atoms with Crippen molar-refractivity contribution in [1.82, 2.24) is 10.2 Å². The Labute approximate surface area is 223 Å². The molecule has 1 aliphatic heterocycles. The van der Waals surface area contributed by atoms with Gasteiger partial charge in [0.15, 0.2) is 0 Å². The van der Waals surface area contributed by atoms with Gasteiger partial charge in [0, 0.05) is 42.2 Å². The second-order valence-corrected chi connectivity index (χ2v) is 9.91. The van der Waals surface area contributed by atoms with Gasteiger partial charge in [0.2, 0.25) is 0 Å². The number of piperidine rings is 1. The number of rotatable bonds is 5. The standard InChI is InChI=1S/C29H26F3N3O4/c1-16-4-3-5-17(2)24(16)33-26(36)27(37)34-25-22-14-35(15-23(22)25)28(38)18-6-10-20(11-7-18)39-21-12-8-19(9-13-21)29(30,31)32/h3-13,22-23,25H,14-15H2,1-2H3,(H,33,36)(H,34,37)/t22-,23+,25?. The molecule has 0 aromatic heterocycles. The zero-order valence-electron chi connectivity index (χ0n) is 21.2. The third-order valence-electron chi connectivity index (χ3n) is 7.22. The summed E-state index contributed by atoms with van der Waals surface area (Å²) in [4.78, 5) is 39.5. The number of anilines is 1. The number of ether oxygens (including phenoxy) is 1. The summed E-state index contributed by atoms with van der Waals surface area (Å²) in [6.07, 6.45) is -4.42. The highest BCUT2D eigenvalue weighted by Gasteiger charge is 2.57. The average Bonchev–Trinajstić information content (AvgIpc) is 3.32. The van der Waals surface area contributed by atoms with Crippen molar-refractivity contribution >= 4 is 23.4 Å². The van der Waals surface area contributed by atoms with E-state index in [9.17, 15) is 27.6 Å². The first-order valence-electron chi connectivity index (χ1n) is 12.4. The van der Waals surface area contributed by atoms with Crippen LogP contribution in [0.3, 0.4) is 0 Å². The lowest BCUT2D eigenvalue weighted by atomic mass is 10.1. The molecule has 2 fully saturated rings. The van der Waals surface area contributed by atoms with Gasteiger partial charge < -0.3 is 20.3 Å². The van der Waals surface area contributed by atoms with E-state index in [2.05, 4.69) is 10.6 Å². The Bertz CT molecular complexity index is 1390. The SMILES string of the molecule is Cc1cccc(C)c1NC(=O)C(=O)NC1[C@H]2CN(C(=O)c3ccc(Oc4ccc(C(F)(F)F)cc4)cc3)C[C@@H]12. The molecule has 3 atom stereocenters. The predicted octanol–water partition coefficient (Wildman–Crippen LogP) is 4.94. The number of alkyl halides is 3. The number of nitrogens with one attached hydrogen (secondary N) is 2. The van der Waals surface area contributed by atoms with E-state index in [0.29, 0.717) is 30.1 Å². The minimum Gasteiger partial charge on any atom is -0.457 e. The average molecular weight is 538 g/mol. The fourth-order valence-corrected chi connectivity index (χ4v) is 5.00. The third kappa shape index (κ3) is 5.59. The van der Waals surface area contributed by atoms with Crippen molar-refractivity contribution in [2.45, 2.75) is 26.1 Å². The van der Waals surface area contributed by atoms with Gasteiger partial charge in [-0.3, -0.25) is 14.4 Å². The van der Waals surface area contributed by atoms with Crippen LogP contribution in [0.4, 0.5) is 18.9 Å². The third-order valence-corrected chi connectivity index (χ3v) is 7.22. The molecule has 10 heteroatoms. The normalized spacial score (nSPS) is 19.7. The van der Waals surface area contributed by atoms with Crippen molar-refractivity contribution in [2.75, 3.05) is 18.4 Å². The zero-order valence-corrected chi connectivity index (χ0v) is 21.2. The number of aryl methyl sites for hydroxylation is 2. The Kier molecular flexibility index (Phi) is 6.80. The number of likely N-dealkylation sites (tertiary alicyclic amines) is 1. The molecule has 202 valence electrons. The lowest BCUT2D eigenvalue weighted by Crippen LogP contribution is -2.41. The van der Waals surface area contributed by atoms with Crippen LogP contribution < -0.4 is 15.4 Å². The molecule has 3 aromatic carbocycles. The van der Waals surface area contributed by atoms with Gasteiger partial charge in [0.05, 0.1) is 5.56 Å². The molecule has 1 saturated carbocycles. The maximum atomic E-state index is 12.9. The lowest BCUT2D eigenvalue weighted by Gasteiger charge is -2.20. The number of carbonyl (C=O) groups is 3. The van der Waals surface area contributed by atoms with Crippen molar-refractivity contribution in [2.24, 2.45) is 11.8 Å². The molecule has 5 rings (SSSR count). The predicted molar refractivity (Wildman–Crippen MR) is 137 cm³/mol. The Hall–Kier alpha value is -4.34. The molecule has 0 spiro atoms. The van der Waals surface area contributed by atoms with E-state index in [-0.39, 0.29) is 29.5 Å². The summed E-state index contributed by atoms with van der Waals surface area (Å²) in [6, 6.07) is 16.2. The van der Waals surface area contributed by atoms with Gasteiger partial charge in [0.25, 0.3) is 5.91 Å². The van der Waals surface area contributed by atoms with E-state index in [1.165, 1.54) is 12.1 Å². The Balaban J connectivity index is 1.10. The van der Waals surface area contributed by atoms with E-state index >= 15 is 0 Å². The summed E-state index contributed by atoms with van der Waals surface area (Å²) in [5, 5.41) is 5.47. The molecule has 1 unspecified atom stereocenters. The highest BCUT2D eigenvalue weighted by molar-refractivity contribution is 6.40. The van der Waals surface area contributed by atoms with Crippen molar-refractivity contribution in [1.29, 1.82) is 0 Å². The van der Waals surface area contributed by atoms with Crippen LogP contribution in [0.2, 0.25) is 0 Å². The van der Waals surface area contributed by atoms with Crippen LogP contribution in [-0.4, -0.2) is 41.8 Å². The second-order valence-electron chi connectivity index (χ2n) is 9.91. The van der Waals surface area contributed by atoms with Crippen LogP contribution in [0.25, 0.3) is 0 Å². The van der Waals surface area contributed by atoms with E-state index < -0.39 is 23.6 Å². The number of fused-ring (bicyclic) bond motifs is 1. The molecule has 0 radical (unpaired) electrons. The minimum absolute atomic E-state index is 0.0909. The number of halogens is 3. The number of nitrogens with zero attached hydrogens (tertiary/aromatic N) is 1. The number of hydrogen-bond acceptors (Lipinski definition) is 4. The number of amides is 3. The van der Waals surface area contributed by atoms with E-state index in [0.717, 1.165) is 23.3 Å². The van der Waals surface area contributed by atoms with Crippen LogP contribution in [0.15, 0.2) is 66.7 Å². The molecule has 1 aliphatic carbocycles. The van der Waals surface area contributed by atoms with Crippen LogP contribution in [-0.2, 0) is 15.8 Å². The molecule has 0 bridgehead atoms. The summed E-state index contributed by atoms with van der Waals surface area (Å²) < 4.78 is 43.7. The summed E-state index contributed by atoms with van der Waals surface area (Å²) in [7, 11) is 0. The van der Waals surface area contributed by atoms with Gasteiger partial charge >= 0.3 is 18.0 Å². The van der Waals surface area contributed by atoms with Crippen LogP contribution in [0.1, 0.15) is 27.0 Å². The Morgan fingerprint density at radius 1 is 0.821 bits per heavy atom. The van der Waals surface area contributed by atoms with Crippen molar-refractivity contribution in [3.05, 3.63) is 89.0 Å². The number of para-hydroxylation sites is 1. The lowest BCUT2D eigenvalue weighted by molar-refractivity contribution is -0.137. The molecular weight excluding hydrogens is 511 g/mol. The van der Waals surface area contributed by atoms with E-state index in [1.807, 2.05) is 32.0 Å². The molecule has 3 aromatic rings. The first-order chi connectivity index (χ1) is 18.5. The Morgan fingerprint density at radius 3 is 1.90 bits per heavy atom. The second kappa shape index (κ2) is 10.1. The summed E-state index contributed by atoms with van der Waals surface area (Å²) in [5.74, 6) is -0.764. The molecule has 3 amide bonds. The number of hydrogen-bond donors (Lipinski definition) is 2. The van der Waals surface area contributed by atoms with Gasteiger partial charge in [0.1, 0.15) is 11.5 Å². The van der Waals surface area contributed by atoms with Crippen molar-refractivity contribution in [3.63, 3.8) is 0 Å². The first kappa shape index (κ1) is 26.3. The van der Waals surface area contributed by atoms with Gasteiger partial charge in [-0.05, 0) is 73.5 Å². The molecule has 1 heterocycles. The first-order valence-corrected chi connectivity index (χ1v) is 12.4. The molecule has 1 saturated heterocycles. The molecule has 2 aliphatic rings.